The number of fused-ring (bicyclic) bond motifs is 1. The predicted octanol–water partition coefficient (Wildman–Crippen LogP) is 3.43. The number of nitrogens with zero attached hydrogens (tertiary/aromatic N) is 2. The zero-order valence-corrected chi connectivity index (χ0v) is 16.4. The number of aliphatic imine (C=N–C) groups is 1. The molecule has 3 aromatic carbocycles. The van der Waals surface area contributed by atoms with Crippen LogP contribution in [0.2, 0.25) is 0 Å². The summed E-state index contributed by atoms with van der Waals surface area (Å²) in [6, 6.07) is 23.0. The van der Waals surface area contributed by atoms with E-state index in [0.717, 1.165) is 26.4 Å². The summed E-state index contributed by atoms with van der Waals surface area (Å²) in [5, 5.41) is 11.9. The van der Waals surface area contributed by atoms with E-state index in [4.69, 9.17) is 5.73 Å². The Hall–Kier alpha value is -3.51. The van der Waals surface area contributed by atoms with Crippen molar-refractivity contribution >= 4 is 33.4 Å². The maximum absolute atomic E-state index is 11.0. The van der Waals surface area contributed by atoms with Crippen LogP contribution >= 0.6 is 11.3 Å². The van der Waals surface area contributed by atoms with Gasteiger partial charge in [-0.3, -0.25) is 4.99 Å². The monoisotopic (exact) mass is 400 g/mol. The van der Waals surface area contributed by atoms with Gasteiger partial charge < -0.3 is 15.6 Å². The molecule has 0 aliphatic heterocycles. The molecular formula is C23H18N3O2S-. The molecule has 29 heavy (non-hydrogen) atoms. The van der Waals surface area contributed by atoms with Crippen molar-refractivity contribution in [2.24, 2.45) is 10.7 Å². The maximum Gasteiger partial charge on any atom is 0.101 e. The van der Waals surface area contributed by atoms with Crippen LogP contribution in [0.1, 0.15) is 20.9 Å². The van der Waals surface area contributed by atoms with Crippen molar-refractivity contribution in [3.05, 3.63) is 88.9 Å². The average Bonchev–Trinajstić information content (AvgIpc) is 3.14. The molecule has 4 aromatic rings. The van der Waals surface area contributed by atoms with E-state index in [1.165, 1.54) is 11.6 Å². The average molecular weight is 400 g/mol. The van der Waals surface area contributed by atoms with Gasteiger partial charge in [-0.25, -0.2) is 4.98 Å². The van der Waals surface area contributed by atoms with E-state index >= 15 is 0 Å². The fourth-order valence-electron chi connectivity index (χ4n) is 3.06. The van der Waals surface area contributed by atoms with Crippen molar-refractivity contribution < 1.29 is 9.90 Å². The van der Waals surface area contributed by atoms with Crippen LogP contribution in [0.5, 0.6) is 0 Å². The Morgan fingerprint density at radius 3 is 2.62 bits per heavy atom. The highest BCUT2D eigenvalue weighted by molar-refractivity contribution is 7.18. The van der Waals surface area contributed by atoms with Gasteiger partial charge in [0.1, 0.15) is 10.8 Å². The summed E-state index contributed by atoms with van der Waals surface area (Å²) in [5.74, 6) is -0.737. The number of thiazole rings is 1. The molecule has 0 atom stereocenters. The number of amidine groups is 1. The summed E-state index contributed by atoms with van der Waals surface area (Å²) >= 11 is 1.60. The minimum absolute atomic E-state index is 0.136. The maximum atomic E-state index is 11.0. The summed E-state index contributed by atoms with van der Waals surface area (Å²) in [5.41, 5.74) is 10.3. The molecule has 0 aliphatic rings. The highest BCUT2D eigenvalue weighted by Crippen LogP contribution is 2.28. The van der Waals surface area contributed by atoms with Gasteiger partial charge in [-0.1, -0.05) is 54.6 Å². The van der Waals surface area contributed by atoms with Gasteiger partial charge >= 0.3 is 0 Å². The first-order chi connectivity index (χ1) is 14.1. The first-order valence-corrected chi connectivity index (χ1v) is 9.94. The molecule has 0 fully saturated rings. The lowest BCUT2D eigenvalue weighted by molar-refractivity contribution is -0.255. The minimum Gasteiger partial charge on any atom is -0.545 e. The van der Waals surface area contributed by atoms with Crippen molar-refractivity contribution in [1.29, 1.82) is 0 Å². The Balaban J connectivity index is 1.49. The molecule has 0 aliphatic carbocycles. The Bertz CT molecular complexity index is 1200. The van der Waals surface area contributed by atoms with Crippen LogP contribution in [0.15, 0.2) is 77.8 Å². The lowest BCUT2D eigenvalue weighted by Gasteiger charge is -2.04. The van der Waals surface area contributed by atoms with Gasteiger partial charge in [0.25, 0.3) is 0 Å². The van der Waals surface area contributed by atoms with Gasteiger partial charge in [0.15, 0.2) is 0 Å². The molecule has 0 saturated heterocycles. The summed E-state index contributed by atoms with van der Waals surface area (Å²) in [6.07, 6.45) is 0.459. The molecule has 6 heteroatoms. The number of benzene rings is 3. The fourth-order valence-corrected chi connectivity index (χ4v) is 4.08. The van der Waals surface area contributed by atoms with E-state index in [1.54, 1.807) is 23.5 Å². The third kappa shape index (κ3) is 4.50. The number of carbonyl (C=O) groups excluding carboxylic acids is 1. The molecule has 0 radical (unpaired) electrons. The topological polar surface area (TPSA) is 91.4 Å². The highest BCUT2D eigenvalue weighted by Gasteiger charge is 2.08. The molecular weight excluding hydrogens is 382 g/mol. The first kappa shape index (κ1) is 18.8. The summed E-state index contributed by atoms with van der Waals surface area (Å²) < 4.78 is 1.11. The molecule has 0 spiro atoms. The fraction of sp³-hybridized carbons (Fsp3) is 0.0870. The zero-order chi connectivity index (χ0) is 20.2. The summed E-state index contributed by atoms with van der Waals surface area (Å²) in [6.45, 7) is 0.315. The molecule has 0 unspecified atom stereocenters. The quantitative estimate of drug-likeness (QED) is 0.396. The molecule has 0 saturated carbocycles. The lowest BCUT2D eigenvalue weighted by Crippen LogP contribution is -2.22. The van der Waals surface area contributed by atoms with Crippen molar-refractivity contribution in [1.82, 2.24) is 4.98 Å². The number of hydrogen-bond donors (Lipinski definition) is 1. The number of aromatic nitrogens is 1. The largest absolute Gasteiger partial charge is 0.545 e. The van der Waals surface area contributed by atoms with E-state index in [0.29, 0.717) is 18.8 Å². The molecule has 2 N–H and O–H groups in total. The van der Waals surface area contributed by atoms with Gasteiger partial charge in [-0.05, 0) is 40.5 Å². The number of carboxylic acids is 1. The van der Waals surface area contributed by atoms with Crippen LogP contribution in [0.25, 0.3) is 21.3 Å². The zero-order valence-electron chi connectivity index (χ0n) is 15.5. The number of nitrogens with two attached hydrogens (primary N) is 1. The number of carboxylic acid groups (broad SMARTS) is 1. The third-order valence-corrected chi connectivity index (χ3v) is 5.52. The second-order valence-corrected chi connectivity index (χ2v) is 7.74. The van der Waals surface area contributed by atoms with Crippen molar-refractivity contribution in [3.63, 3.8) is 0 Å². The Morgan fingerprint density at radius 2 is 1.83 bits per heavy atom. The van der Waals surface area contributed by atoms with Crippen LogP contribution < -0.4 is 10.8 Å². The summed E-state index contributed by atoms with van der Waals surface area (Å²) in [7, 11) is 0. The highest BCUT2D eigenvalue weighted by atomic mass is 32.1. The molecule has 5 nitrogen and oxygen atoms in total. The van der Waals surface area contributed by atoms with Crippen LogP contribution in [0.3, 0.4) is 0 Å². The molecule has 144 valence electrons. The Kier molecular flexibility index (Phi) is 5.35. The molecule has 0 amide bonds. The standard InChI is InChI=1S/C23H19N3O2S/c24-21(25-14-15-5-4-8-18(11-15)23(27)28)13-22-26-19-10-9-17(12-20(19)29-22)16-6-2-1-3-7-16/h1-12H,13-14H2,(H2,24,25)(H,27,28)/p-1. The Morgan fingerprint density at radius 1 is 1.00 bits per heavy atom. The molecule has 1 heterocycles. The van der Waals surface area contributed by atoms with E-state index in [-0.39, 0.29) is 5.56 Å². The SMILES string of the molecule is NC(Cc1nc2ccc(-c3ccccc3)cc2s1)=NCc1cccc(C(=O)[O-])c1. The van der Waals surface area contributed by atoms with E-state index < -0.39 is 5.97 Å². The third-order valence-electron chi connectivity index (χ3n) is 4.50. The summed E-state index contributed by atoms with van der Waals surface area (Å²) in [4.78, 5) is 20.0. The molecule has 4 rings (SSSR count). The predicted molar refractivity (Wildman–Crippen MR) is 115 cm³/mol. The molecule has 0 bridgehead atoms. The minimum atomic E-state index is -1.20. The second-order valence-electron chi connectivity index (χ2n) is 6.63. The number of aromatic carboxylic acids is 1. The lowest BCUT2D eigenvalue weighted by atomic mass is 10.1. The van der Waals surface area contributed by atoms with Crippen molar-refractivity contribution in [3.8, 4) is 11.1 Å². The smallest absolute Gasteiger partial charge is 0.101 e. The van der Waals surface area contributed by atoms with Gasteiger partial charge in [-0.15, -0.1) is 11.3 Å². The molecule has 1 aromatic heterocycles. The van der Waals surface area contributed by atoms with Gasteiger partial charge in [-0.2, -0.15) is 0 Å². The van der Waals surface area contributed by atoms with Gasteiger partial charge in [0, 0.05) is 0 Å². The number of carbonyl (C=O) groups is 1. The van der Waals surface area contributed by atoms with Crippen LogP contribution in [-0.2, 0) is 13.0 Å². The van der Waals surface area contributed by atoms with E-state index in [2.05, 4.69) is 34.2 Å². The van der Waals surface area contributed by atoms with Crippen LogP contribution in [-0.4, -0.2) is 16.8 Å². The van der Waals surface area contributed by atoms with Crippen molar-refractivity contribution in [2.75, 3.05) is 0 Å². The van der Waals surface area contributed by atoms with Gasteiger partial charge in [0.05, 0.1) is 29.2 Å². The van der Waals surface area contributed by atoms with Gasteiger partial charge in [0.2, 0.25) is 0 Å². The normalized spacial score (nSPS) is 11.7. The first-order valence-electron chi connectivity index (χ1n) is 9.12. The number of rotatable bonds is 6. The van der Waals surface area contributed by atoms with Crippen LogP contribution in [0, 0.1) is 0 Å². The van der Waals surface area contributed by atoms with E-state index in [9.17, 15) is 9.90 Å². The number of hydrogen-bond acceptors (Lipinski definition) is 5. The van der Waals surface area contributed by atoms with Crippen LogP contribution in [0.4, 0.5) is 0 Å². The second kappa shape index (κ2) is 8.24. The van der Waals surface area contributed by atoms with Crippen molar-refractivity contribution in [2.45, 2.75) is 13.0 Å². The van der Waals surface area contributed by atoms with E-state index in [1.807, 2.05) is 30.3 Å². The Labute approximate surface area is 172 Å².